The summed E-state index contributed by atoms with van der Waals surface area (Å²) < 4.78 is 27.6. The summed E-state index contributed by atoms with van der Waals surface area (Å²) in [5.74, 6) is -0.649. The molecule has 5 rings (SSSR count). The molecule has 14 heteroatoms. The number of aromatic nitrogens is 2. The van der Waals surface area contributed by atoms with Crippen LogP contribution in [0.15, 0.2) is 105 Å². The Hall–Kier alpha value is -3.30. The monoisotopic (exact) mass is 892 g/mol. The van der Waals surface area contributed by atoms with Crippen LogP contribution < -0.4 is 0 Å². The van der Waals surface area contributed by atoms with E-state index in [0.29, 0.717) is 34.2 Å². The summed E-state index contributed by atoms with van der Waals surface area (Å²) in [6.07, 6.45) is 0. The molecule has 2 heterocycles. The maximum absolute atomic E-state index is 13.8. The molecule has 0 atom stereocenters. The standard InChI is InChI=1S/C40H38F2N6.4ClH.2Fe/c1-23-15-17-31(41)21-39(23)45-29(7)35-13-9-11-33(47-35)27(5)43-37-19-26(4)38(20-25(37)3)44-28(6)34-12-10-14-36(48-34)30(8)46-40-22-32(42)18-16-24(40)2;;;;;;/h9-22H,1-8H3;4*1H;;/q;;;;;2*+2/p-4. The molecule has 0 spiro atoms. The number of nitrogens with zero attached hydrogens (tertiary/aromatic N) is 6. The van der Waals surface area contributed by atoms with E-state index in [1.54, 1.807) is 12.1 Å². The van der Waals surface area contributed by atoms with Crippen LogP contribution in [0.1, 0.15) is 72.7 Å². The molecule has 0 aliphatic heterocycles. The van der Waals surface area contributed by atoms with E-state index in [4.69, 9.17) is 60.3 Å². The van der Waals surface area contributed by atoms with Gasteiger partial charge in [0, 0.05) is 0 Å². The summed E-state index contributed by atoms with van der Waals surface area (Å²) in [6.45, 7) is 15.4. The molecular weight excluding hydrogens is 856 g/mol. The van der Waals surface area contributed by atoms with Crippen LogP contribution in [0.25, 0.3) is 0 Å². The average Bonchev–Trinajstić information content (AvgIpc) is 3.14. The van der Waals surface area contributed by atoms with Crippen LogP contribution >= 0.6 is 40.4 Å². The third-order valence-corrected chi connectivity index (χ3v) is 7.99. The van der Waals surface area contributed by atoms with Crippen LogP contribution in [-0.4, -0.2) is 32.8 Å². The molecule has 6 nitrogen and oxygen atoms in total. The number of hydrogen-bond acceptors (Lipinski definition) is 6. The molecule has 0 aliphatic rings. The Bertz CT molecular complexity index is 2060. The van der Waals surface area contributed by atoms with Crippen LogP contribution in [0.4, 0.5) is 31.5 Å². The molecule has 0 fully saturated rings. The zero-order valence-corrected chi connectivity index (χ0v) is 36.0. The molecule has 0 saturated heterocycles. The Morgan fingerprint density at radius 1 is 0.444 bits per heavy atom. The minimum absolute atomic E-state index is 0.194. The molecule has 0 amide bonds. The van der Waals surface area contributed by atoms with Gasteiger partial charge in [-0.25, -0.2) is 18.7 Å². The molecule has 2 aromatic heterocycles. The van der Waals surface area contributed by atoms with Crippen molar-refractivity contribution in [3.8, 4) is 0 Å². The van der Waals surface area contributed by atoms with Crippen molar-refractivity contribution in [1.29, 1.82) is 0 Å². The van der Waals surface area contributed by atoms with E-state index < -0.39 is 0 Å². The van der Waals surface area contributed by atoms with Gasteiger partial charge in [-0.1, -0.05) is 24.3 Å². The van der Waals surface area contributed by atoms with Gasteiger partial charge in [0.25, 0.3) is 0 Å². The van der Waals surface area contributed by atoms with Gasteiger partial charge in [-0.2, -0.15) is 0 Å². The average molecular weight is 894 g/mol. The van der Waals surface area contributed by atoms with Crippen molar-refractivity contribution in [2.24, 2.45) is 20.0 Å². The number of hydrogen-bond donors (Lipinski definition) is 0. The zero-order valence-electron chi connectivity index (χ0n) is 30.7. The molecule has 286 valence electrons. The van der Waals surface area contributed by atoms with Crippen molar-refractivity contribution < 1.29 is 35.0 Å². The number of aryl methyl sites for hydroxylation is 4. The summed E-state index contributed by atoms with van der Waals surface area (Å²) in [5, 5.41) is 0. The van der Waals surface area contributed by atoms with Crippen molar-refractivity contribution in [2.75, 3.05) is 0 Å². The van der Waals surface area contributed by atoms with Gasteiger partial charge < -0.3 is 0 Å². The Labute approximate surface area is 345 Å². The summed E-state index contributed by atoms with van der Waals surface area (Å²) in [7, 11) is 19.1. The Kier molecular flexibility index (Phi) is 18.6. The third kappa shape index (κ3) is 13.5. The zero-order chi connectivity index (χ0) is 39.9. The molecular formula is C40H38Cl4F2Fe2N6. The Morgan fingerprint density at radius 3 is 0.981 bits per heavy atom. The second-order valence-electron chi connectivity index (χ2n) is 12.0. The van der Waals surface area contributed by atoms with Crippen molar-refractivity contribution in [1.82, 2.24) is 9.97 Å². The molecule has 0 bridgehead atoms. The molecule has 0 saturated carbocycles. The van der Waals surface area contributed by atoms with E-state index >= 15 is 0 Å². The first kappa shape index (κ1) is 45.1. The second kappa shape index (κ2) is 22.3. The van der Waals surface area contributed by atoms with Gasteiger partial charge in [0.1, 0.15) is 11.6 Å². The number of benzene rings is 3. The van der Waals surface area contributed by atoms with Gasteiger partial charge in [0.15, 0.2) is 0 Å². The van der Waals surface area contributed by atoms with Crippen molar-refractivity contribution in [2.45, 2.75) is 55.4 Å². The van der Waals surface area contributed by atoms with Gasteiger partial charge in [-0.3, -0.25) is 20.0 Å². The molecule has 54 heavy (non-hydrogen) atoms. The molecule has 0 unspecified atom stereocenters. The first-order valence-electron chi connectivity index (χ1n) is 16.2. The van der Waals surface area contributed by atoms with Crippen molar-refractivity contribution >= 4 is 86.0 Å². The maximum atomic E-state index is 13.8. The fourth-order valence-electron chi connectivity index (χ4n) is 5.06. The SMILES string of the molecule is CC(=Nc1cc(F)ccc1C)c1cccc(C(C)=Nc2cc(C)c(N=C(C)c3cccc(C(C)=Nc4cc(F)ccc4C)n3)cc2C)n1.[Cl][Fe][Cl].[Cl][Fe][Cl]. The van der Waals surface area contributed by atoms with Crippen molar-refractivity contribution in [3.63, 3.8) is 0 Å². The fraction of sp³-hybridized carbons (Fsp3) is 0.200. The summed E-state index contributed by atoms with van der Waals surface area (Å²) >= 11 is 0.389. The van der Waals surface area contributed by atoms with E-state index in [1.807, 2.05) is 104 Å². The van der Waals surface area contributed by atoms with Gasteiger partial charge in [0.2, 0.25) is 0 Å². The Balaban J connectivity index is 0.00000122. The third-order valence-electron chi connectivity index (χ3n) is 7.99. The van der Waals surface area contributed by atoms with Gasteiger partial charge in [-0.05, 0) is 138 Å². The quantitative estimate of drug-likeness (QED) is 0.115. The first-order valence-corrected chi connectivity index (χ1v) is 22.3. The number of rotatable bonds is 8. The van der Waals surface area contributed by atoms with Gasteiger partial charge in [0.05, 0.1) is 68.4 Å². The topological polar surface area (TPSA) is 75.2 Å². The van der Waals surface area contributed by atoms with E-state index in [-0.39, 0.29) is 37.9 Å². The molecule has 0 aliphatic carbocycles. The molecule has 5 aromatic rings. The summed E-state index contributed by atoms with van der Waals surface area (Å²) in [4.78, 5) is 28.7. The fourth-order valence-corrected chi connectivity index (χ4v) is 5.06. The van der Waals surface area contributed by atoms with E-state index in [1.165, 1.54) is 24.3 Å². The predicted octanol–water partition coefficient (Wildman–Crippen LogP) is 13.3. The Morgan fingerprint density at radius 2 is 0.704 bits per heavy atom. The summed E-state index contributed by atoms with van der Waals surface area (Å²) in [5.41, 5.74) is 12.3. The predicted molar refractivity (Wildman–Crippen MR) is 218 cm³/mol. The second-order valence-corrected chi connectivity index (χ2v) is 15.6. The van der Waals surface area contributed by atoms with Crippen LogP contribution in [0.3, 0.4) is 0 Å². The first-order chi connectivity index (χ1) is 25.7. The molecule has 3 aromatic carbocycles. The minimum atomic E-state index is -0.324. The van der Waals surface area contributed by atoms with Crippen LogP contribution in [0, 0.1) is 39.3 Å². The number of pyridine rings is 2. The van der Waals surface area contributed by atoms with E-state index in [0.717, 1.165) is 56.4 Å². The number of aliphatic imine (C=N–C) groups is 4. The molecule has 0 radical (unpaired) electrons. The summed E-state index contributed by atoms with van der Waals surface area (Å²) in [6, 6.07) is 24.6. The van der Waals surface area contributed by atoms with Gasteiger partial charge >= 0.3 is 66.7 Å². The van der Waals surface area contributed by atoms with Crippen LogP contribution in [0.2, 0.25) is 0 Å². The van der Waals surface area contributed by atoms with Crippen molar-refractivity contribution in [3.05, 3.63) is 142 Å². The van der Waals surface area contributed by atoms with E-state index in [9.17, 15) is 8.78 Å². The molecule has 0 N–H and O–H groups in total. The van der Waals surface area contributed by atoms with Gasteiger partial charge in [-0.15, -0.1) is 0 Å². The number of halogens is 6. The van der Waals surface area contributed by atoms with Crippen LogP contribution in [-0.2, 0) is 26.3 Å². The van der Waals surface area contributed by atoms with E-state index in [2.05, 4.69) is 9.98 Å². The normalized spacial score (nSPS) is 12.3. The van der Waals surface area contributed by atoms with Crippen LogP contribution in [0.5, 0.6) is 0 Å².